The van der Waals surface area contributed by atoms with Crippen LogP contribution < -0.4 is 5.32 Å². The number of rotatable bonds is 9. The largest absolute Gasteiger partial charge is 0.378 e. The third kappa shape index (κ3) is 5.00. The average molecular weight is 301 g/mol. The maximum atomic E-state index is 12.2. The Labute approximate surface area is 131 Å². The highest BCUT2D eigenvalue weighted by Crippen LogP contribution is 2.18. The molecule has 0 bridgehead atoms. The second-order valence-electron chi connectivity index (χ2n) is 5.04. The molecule has 0 unspecified atom stereocenters. The van der Waals surface area contributed by atoms with Crippen molar-refractivity contribution in [3.63, 3.8) is 0 Å². The molecule has 0 spiro atoms. The van der Waals surface area contributed by atoms with Crippen molar-refractivity contribution in [3.05, 3.63) is 54.4 Å². The molecule has 0 aliphatic rings. The van der Waals surface area contributed by atoms with Gasteiger partial charge in [0, 0.05) is 18.9 Å². The van der Waals surface area contributed by atoms with Gasteiger partial charge in [0.05, 0.1) is 25.7 Å². The molecule has 0 saturated carbocycles. The van der Waals surface area contributed by atoms with E-state index < -0.39 is 0 Å². The zero-order chi connectivity index (χ0) is 15.6. The van der Waals surface area contributed by atoms with E-state index in [4.69, 9.17) is 4.74 Å². The number of nitrogens with one attached hydrogen (secondary N) is 1. The van der Waals surface area contributed by atoms with E-state index in [1.807, 2.05) is 54.2 Å². The summed E-state index contributed by atoms with van der Waals surface area (Å²) < 4.78 is 7.32. The lowest BCUT2D eigenvalue weighted by atomic mass is 9.96. The number of hydrogen-bond acceptors (Lipinski definition) is 3. The van der Waals surface area contributed by atoms with Crippen molar-refractivity contribution in [2.24, 2.45) is 0 Å². The minimum Gasteiger partial charge on any atom is -0.378 e. The van der Waals surface area contributed by atoms with Crippen molar-refractivity contribution in [1.82, 2.24) is 15.1 Å². The Bertz CT molecular complexity index is 540. The number of nitrogens with zero attached hydrogens (tertiary/aromatic N) is 2. The molecule has 0 radical (unpaired) electrons. The van der Waals surface area contributed by atoms with Crippen LogP contribution in [0.4, 0.5) is 0 Å². The van der Waals surface area contributed by atoms with E-state index in [-0.39, 0.29) is 11.8 Å². The summed E-state index contributed by atoms with van der Waals surface area (Å²) in [5.74, 6) is -0.0327. The lowest BCUT2D eigenvalue weighted by Crippen LogP contribution is -2.32. The zero-order valence-electron chi connectivity index (χ0n) is 12.9. The van der Waals surface area contributed by atoms with Crippen molar-refractivity contribution < 1.29 is 9.53 Å². The molecule has 5 nitrogen and oxygen atoms in total. The molecular formula is C17H23N3O2. The summed E-state index contributed by atoms with van der Waals surface area (Å²) in [6, 6.07) is 11.8. The molecule has 2 aromatic rings. The standard InChI is InChI=1S/C17H23N3O2/c1-2-16(15-7-4-3-5-8-15)17(21)18-10-13-22-14-12-20-11-6-9-19-20/h3-9,11,16H,2,10,12-14H2,1H3,(H,18,21)/t16-/m1/s1. The summed E-state index contributed by atoms with van der Waals surface area (Å²) in [6.07, 6.45) is 4.43. The number of amides is 1. The first-order valence-electron chi connectivity index (χ1n) is 7.69. The zero-order valence-corrected chi connectivity index (χ0v) is 12.9. The van der Waals surface area contributed by atoms with Crippen molar-refractivity contribution in [2.45, 2.75) is 25.8 Å². The molecule has 1 N–H and O–H groups in total. The molecule has 0 aliphatic heterocycles. The number of carbonyl (C=O) groups is 1. The van der Waals surface area contributed by atoms with Gasteiger partial charge in [0.25, 0.3) is 0 Å². The first kappa shape index (κ1) is 16.2. The highest BCUT2D eigenvalue weighted by atomic mass is 16.5. The van der Waals surface area contributed by atoms with Gasteiger partial charge in [-0.3, -0.25) is 9.48 Å². The Morgan fingerprint density at radius 2 is 2.09 bits per heavy atom. The minimum absolute atomic E-state index is 0.0596. The third-order valence-corrected chi connectivity index (χ3v) is 3.50. The molecule has 1 aromatic heterocycles. The first-order valence-corrected chi connectivity index (χ1v) is 7.69. The van der Waals surface area contributed by atoms with Crippen LogP contribution in [-0.4, -0.2) is 35.4 Å². The van der Waals surface area contributed by atoms with Crippen LogP contribution in [0.1, 0.15) is 24.8 Å². The molecule has 1 amide bonds. The van der Waals surface area contributed by atoms with E-state index in [2.05, 4.69) is 10.4 Å². The lowest BCUT2D eigenvalue weighted by Gasteiger charge is -2.15. The van der Waals surface area contributed by atoms with Gasteiger partial charge in [0.1, 0.15) is 0 Å². The van der Waals surface area contributed by atoms with Crippen LogP contribution in [0.3, 0.4) is 0 Å². The molecule has 1 atom stereocenters. The third-order valence-electron chi connectivity index (χ3n) is 3.50. The predicted molar refractivity (Wildman–Crippen MR) is 85.5 cm³/mol. The summed E-state index contributed by atoms with van der Waals surface area (Å²) in [6.45, 7) is 4.38. The van der Waals surface area contributed by atoms with Crippen LogP contribution in [0.5, 0.6) is 0 Å². The molecule has 2 rings (SSSR count). The Morgan fingerprint density at radius 3 is 2.77 bits per heavy atom. The Hall–Kier alpha value is -2.14. The monoisotopic (exact) mass is 301 g/mol. The van der Waals surface area contributed by atoms with E-state index in [0.29, 0.717) is 19.8 Å². The Morgan fingerprint density at radius 1 is 1.27 bits per heavy atom. The fourth-order valence-corrected chi connectivity index (χ4v) is 2.32. The summed E-state index contributed by atoms with van der Waals surface area (Å²) in [5.41, 5.74) is 1.06. The summed E-state index contributed by atoms with van der Waals surface area (Å²) in [4.78, 5) is 12.2. The molecule has 1 aromatic carbocycles. The van der Waals surface area contributed by atoms with E-state index in [9.17, 15) is 4.79 Å². The number of ether oxygens (including phenoxy) is 1. The van der Waals surface area contributed by atoms with E-state index in [1.54, 1.807) is 6.20 Å². The van der Waals surface area contributed by atoms with Gasteiger partial charge in [-0.25, -0.2) is 0 Å². The lowest BCUT2D eigenvalue weighted by molar-refractivity contribution is -0.122. The SMILES string of the molecule is CC[C@@H](C(=O)NCCOCCn1cccn1)c1ccccc1. The van der Waals surface area contributed by atoms with Gasteiger partial charge in [0.15, 0.2) is 0 Å². The van der Waals surface area contributed by atoms with E-state index in [1.165, 1.54) is 0 Å². The second kappa shape index (κ2) is 9.00. The van der Waals surface area contributed by atoms with Gasteiger partial charge in [-0.15, -0.1) is 0 Å². The summed E-state index contributed by atoms with van der Waals surface area (Å²) >= 11 is 0. The fourth-order valence-electron chi connectivity index (χ4n) is 2.32. The first-order chi connectivity index (χ1) is 10.8. The van der Waals surface area contributed by atoms with Crippen molar-refractivity contribution in [2.75, 3.05) is 19.8 Å². The van der Waals surface area contributed by atoms with E-state index >= 15 is 0 Å². The summed E-state index contributed by atoms with van der Waals surface area (Å²) in [5, 5.41) is 7.04. The molecule has 22 heavy (non-hydrogen) atoms. The molecule has 0 aliphatic carbocycles. The van der Waals surface area contributed by atoms with Crippen LogP contribution in [0, 0.1) is 0 Å². The molecule has 1 heterocycles. The number of hydrogen-bond donors (Lipinski definition) is 1. The highest BCUT2D eigenvalue weighted by molar-refractivity contribution is 5.83. The molecule has 118 valence electrons. The average Bonchev–Trinajstić information content (AvgIpc) is 3.06. The number of benzene rings is 1. The minimum atomic E-state index is -0.0923. The van der Waals surface area contributed by atoms with Crippen LogP contribution in [0.25, 0.3) is 0 Å². The van der Waals surface area contributed by atoms with Crippen LogP contribution in [0.2, 0.25) is 0 Å². The van der Waals surface area contributed by atoms with Gasteiger partial charge >= 0.3 is 0 Å². The summed E-state index contributed by atoms with van der Waals surface area (Å²) in [7, 11) is 0. The highest BCUT2D eigenvalue weighted by Gasteiger charge is 2.17. The quantitative estimate of drug-likeness (QED) is 0.723. The molecular weight excluding hydrogens is 278 g/mol. The molecule has 5 heteroatoms. The van der Waals surface area contributed by atoms with Crippen LogP contribution in [0.15, 0.2) is 48.8 Å². The van der Waals surface area contributed by atoms with Gasteiger partial charge < -0.3 is 10.1 Å². The van der Waals surface area contributed by atoms with Crippen molar-refractivity contribution >= 4 is 5.91 Å². The maximum absolute atomic E-state index is 12.2. The number of aromatic nitrogens is 2. The van der Waals surface area contributed by atoms with Gasteiger partial charge in [-0.2, -0.15) is 5.10 Å². The Kier molecular flexibility index (Phi) is 6.64. The normalized spacial score (nSPS) is 12.0. The molecule has 0 fully saturated rings. The number of carbonyl (C=O) groups excluding carboxylic acids is 1. The van der Waals surface area contributed by atoms with Crippen LogP contribution >= 0.6 is 0 Å². The topological polar surface area (TPSA) is 56.1 Å². The fraction of sp³-hybridized carbons (Fsp3) is 0.412. The van der Waals surface area contributed by atoms with E-state index in [0.717, 1.165) is 18.5 Å². The van der Waals surface area contributed by atoms with Crippen molar-refractivity contribution in [3.8, 4) is 0 Å². The van der Waals surface area contributed by atoms with Gasteiger partial charge in [-0.1, -0.05) is 37.3 Å². The van der Waals surface area contributed by atoms with Crippen molar-refractivity contribution in [1.29, 1.82) is 0 Å². The van der Waals surface area contributed by atoms with Gasteiger partial charge in [-0.05, 0) is 18.1 Å². The molecule has 0 saturated heterocycles. The van der Waals surface area contributed by atoms with Crippen LogP contribution in [-0.2, 0) is 16.1 Å². The maximum Gasteiger partial charge on any atom is 0.227 e. The Balaban J connectivity index is 1.64. The second-order valence-corrected chi connectivity index (χ2v) is 5.04. The van der Waals surface area contributed by atoms with Gasteiger partial charge in [0.2, 0.25) is 5.91 Å². The predicted octanol–water partition coefficient (Wildman–Crippen LogP) is 2.21. The smallest absolute Gasteiger partial charge is 0.227 e.